The molecule has 0 saturated carbocycles. The van der Waals surface area contributed by atoms with Crippen LogP contribution in [0, 0.1) is 18.6 Å². The molecule has 0 aliphatic heterocycles. The van der Waals surface area contributed by atoms with Gasteiger partial charge in [-0.1, -0.05) is 59.7 Å². The summed E-state index contributed by atoms with van der Waals surface area (Å²) in [6, 6.07) is 16.3. The Balaban J connectivity index is 2.10. The van der Waals surface area contributed by atoms with Crippen LogP contribution in [0.15, 0.2) is 48.5 Å². The van der Waals surface area contributed by atoms with Crippen LogP contribution in [-0.4, -0.2) is 15.0 Å². The number of hydrogen-bond acceptors (Lipinski definition) is 3. The van der Waals surface area contributed by atoms with Gasteiger partial charge in [-0.25, -0.2) is 9.97 Å². The minimum atomic E-state index is 0.347. The highest BCUT2D eigenvalue weighted by Crippen LogP contribution is 2.20. The highest BCUT2D eigenvalue weighted by atomic mass is 32.1. The molecule has 0 fully saturated rings. The van der Waals surface area contributed by atoms with Crippen molar-refractivity contribution >= 4 is 12.2 Å². The summed E-state index contributed by atoms with van der Waals surface area (Å²) in [5.41, 5.74) is 4.43. The molecule has 0 atom stereocenters. The van der Waals surface area contributed by atoms with E-state index in [0.717, 1.165) is 22.8 Å². The monoisotopic (exact) mass is 293 g/mol. The van der Waals surface area contributed by atoms with Crippen molar-refractivity contribution in [3.8, 4) is 22.8 Å². The highest BCUT2D eigenvalue weighted by molar-refractivity contribution is 7.71. The van der Waals surface area contributed by atoms with Gasteiger partial charge in [0.05, 0.1) is 0 Å². The van der Waals surface area contributed by atoms with Gasteiger partial charge in [0.25, 0.3) is 0 Å². The lowest BCUT2D eigenvalue weighted by Gasteiger charge is -2.06. The SMILES string of the molecule is Cc1ccc(-c2nc(=S)nc(-c3ccc(C)cc3)[nH]2)cc1. The summed E-state index contributed by atoms with van der Waals surface area (Å²) in [4.78, 5) is 11.9. The molecule has 0 saturated heterocycles. The summed E-state index contributed by atoms with van der Waals surface area (Å²) in [6.45, 7) is 4.12. The van der Waals surface area contributed by atoms with Crippen molar-refractivity contribution in [2.75, 3.05) is 0 Å². The van der Waals surface area contributed by atoms with E-state index in [2.05, 4.69) is 53.1 Å². The molecule has 21 heavy (non-hydrogen) atoms. The Morgan fingerprint density at radius 1 is 0.714 bits per heavy atom. The van der Waals surface area contributed by atoms with Crippen LogP contribution in [0.5, 0.6) is 0 Å². The van der Waals surface area contributed by atoms with Gasteiger partial charge in [0.1, 0.15) is 11.6 Å². The molecule has 2 aromatic carbocycles. The molecule has 4 heteroatoms. The number of rotatable bonds is 2. The quantitative estimate of drug-likeness (QED) is 0.708. The minimum absolute atomic E-state index is 0.347. The van der Waals surface area contributed by atoms with E-state index in [0.29, 0.717) is 4.77 Å². The van der Waals surface area contributed by atoms with Gasteiger partial charge in [0, 0.05) is 11.1 Å². The molecule has 1 heterocycles. The van der Waals surface area contributed by atoms with Crippen molar-refractivity contribution in [1.82, 2.24) is 15.0 Å². The number of benzene rings is 2. The Morgan fingerprint density at radius 2 is 1.10 bits per heavy atom. The third-order valence-corrected chi connectivity index (χ3v) is 3.48. The number of nitrogens with one attached hydrogen (secondary N) is 1. The van der Waals surface area contributed by atoms with Crippen LogP contribution in [0.2, 0.25) is 0 Å². The lowest BCUT2D eigenvalue weighted by atomic mass is 10.1. The molecule has 0 unspecified atom stereocenters. The lowest BCUT2D eigenvalue weighted by molar-refractivity contribution is 1.04. The van der Waals surface area contributed by atoms with Gasteiger partial charge in [0.15, 0.2) is 0 Å². The Hall–Kier alpha value is -2.33. The first-order chi connectivity index (χ1) is 10.1. The van der Waals surface area contributed by atoms with Crippen molar-refractivity contribution in [3.63, 3.8) is 0 Å². The van der Waals surface area contributed by atoms with Crippen LogP contribution in [0.4, 0.5) is 0 Å². The van der Waals surface area contributed by atoms with Gasteiger partial charge < -0.3 is 4.98 Å². The van der Waals surface area contributed by atoms with Gasteiger partial charge >= 0.3 is 0 Å². The first-order valence-corrected chi connectivity index (χ1v) is 7.15. The van der Waals surface area contributed by atoms with E-state index >= 15 is 0 Å². The number of H-pyrrole nitrogens is 1. The summed E-state index contributed by atoms with van der Waals surface area (Å²) in [7, 11) is 0. The van der Waals surface area contributed by atoms with Crippen molar-refractivity contribution in [3.05, 3.63) is 64.4 Å². The molecule has 0 radical (unpaired) electrons. The molecule has 3 nitrogen and oxygen atoms in total. The second-order valence-electron chi connectivity index (χ2n) is 5.06. The van der Waals surface area contributed by atoms with Crippen molar-refractivity contribution in [2.24, 2.45) is 0 Å². The van der Waals surface area contributed by atoms with Crippen LogP contribution in [0.1, 0.15) is 11.1 Å². The van der Waals surface area contributed by atoms with Crippen molar-refractivity contribution in [2.45, 2.75) is 13.8 Å². The van der Waals surface area contributed by atoms with Gasteiger partial charge in [-0.3, -0.25) is 0 Å². The molecule has 0 aliphatic carbocycles. The molecule has 0 amide bonds. The molecule has 1 aromatic heterocycles. The third kappa shape index (κ3) is 3.06. The summed E-state index contributed by atoms with van der Waals surface area (Å²) in [5, 5.41) is 0. The molecule has 104 valence electrons. The predicted octanol–water partition coefficient (Wildman–Crippen LogP) is 4.49. The van der Waals surface area contributed by atoms with Crippen LogP contribution < -0.4 is 0 Å². The minimum Gasteiger partial charge on any atom is -0.324 e. The second-order valence-corrected chi connectivity index (χ2v) is 5.43. The van der Waals surface area contributed by atoms with E-state index in [1.165, 1.54) is 11.1 Å². The molecular weight excluding hydrogens is 278 g/mol. The predicted molar refractivity (Wildman–Crippen MR) is 87.6 cm³/mol. The van der Waals surface area contributed by atoms with E-state index in [4.69, 9.17) is 12.2 Å². The molecular formula is C17H15N3S. The second kappa shape index (κ2) is 5.58. The van der Waals surface area contributed by atoms with Gasteiger partial charge in [-0.2, -0.15) is 0 Å². The van der Waals surface area contributed by atoms with Gasteiger partial charge in [-0.05, 0) is 26.1 Å². The van der Waals surface area contributed by atoms with Gasteiger partial charge in [-0.15, -0.1) is 0 Å². The van der Waals surface area contributed by atoms with Crippen molar-refractivity contribution in [1.29, 1.82) is 0 Å². The number of hydrogen-bond donors (Lipinski definition) is 1. The molecule has 0 spiro atoms. The number of nitrogens with zero attached hydrogens (tertiary/aromatic N) is 2. The molecule has 3 rings (SSSR count). The van der Waals surface area contributed by atoms with E-state index in [-0.39, 0.29) is 0 Å². The van der Waals surface area contributed by atoms with E-state index in [1.54, 1.807) is 0 Å². The normalized spacial score (nSPS) is 10.6. The summed E-state index contributed by atoms with van der Waals surface area (Å²) in [5.74, 6) is 1.48. The summed E-state index contributed by atoms with van der Waals surface area (Å²) in [6.07, 6.45) is 0. The average Bonchev–Trinajstić information content (AvgIpc) is 2.48. The van der Waals surface area contributed by atoms with E-state index in [9.17, 15) is 0 Å². The largest absolute Gasteiger partial charge is 0.324 e. The first kappa shape index (κ1) is 13.6. The third-order valence-electron chi connectivity index (χ3n) is 3.30. The summed E-state index contributed by atoms with van der Waals surface area (Å²) < 4.78 is 0.347. The summed E-state index contributed by atoms with van der Waals surface area (Å²) >= 11 is 5.20. The topological polar surface area (TPSA) is 41.6 Å². The Bertz CT molecular complexity index is 751. The number of aryl methyl sites for hydroxylation is 2. The van der Waals surface area contributed by atoms with Crippen LogP contribution >= 0.6 is 12.2 Å². The maximum absolute atomic E-state index is 5.20. The molecule has 0 aliphatic rings. The van der Waals surface area contributed by atoms with Crippen molar-refractivity contribution < 1.29 is 0 Å². The van der Waals surface area contributed by atoms with Crippen LogP contribution in [0.25, 0.3) is 22.8 Å². The maximum atomic E-state index is 5.20. The Kier molecular flexibility index (Phi) is 3.62. The van der Waals surface area contributed by atoms with E-state index in [1.807, 2.05) is 24.3 Å². The fourth-order valence-electron chi connectivity index (χ4n) is 2.08. The number of aromatic nitrogens is 3. The maximum Gasteiger partial charge on any atom is 0.223 e. The highest BCUT2D eigenvalue weighted by Gasteiger charge is 2.05. The molecule has 1 N–H and O–H groups in total. The standard InChI is InChI=1S/C17H15N3S/c1-11-3-7-13(8-4-11)15-18-16(20-17(21)19-15)14-9-5-12(2)6-10-14/h3-10H,1-2H3,(H,18,19,20,21). The fourth-order valence-corrected chi connectivity index (χ4v) is 2.26. The number of aromatic amines is 1. The smallest absolute Gasteiger partial charge is 0.223 e. The zero-order valence-electron chi connectivity index (χ0n) is 11.9. The fraction of sp³-hybridized carbons (Fsp3) is 0.118. The zero-order valence-corrected chi connectivity index (χ0v) is 12.7. The van der Waals surface area contributed by atoms with Crippen LogP contribution in [0.3, 0.4) is 0 Å². The molecule has 0 bridgehead atoms. The Morgan fingerprint density at radius 3 is 1.48 bits per heavy atom. The Labute approximate surface area is 128 Å². The zero-order chi connectivity index (χ0) is 14.8. The van der Waals surface area contributed by atoms with E-state index < -0.39 is 0 Å². The van der Waals surface area contributed by atoms with Gasteiger partial charge in [0.2, 0.25) is 4.77 Å². The van der Waals surface area contributed by atoms with Crippen LogP contribution in [-0.2, 0) is 0 Å². The lowest BCUT2D eigenvalue weighted by Crippen LogP contribution is -1.97. The average molecular weight is 293 g/mol. The first-order valence-electron chi connectivity index (χ1n) is 6.74. The molecule has 3 aromatic rings.